The van der Waals surface area contributed by atoms with Crippen LogP contribution in [0.1, 0.15) is 5.56 Å². The number of para-hydroxylation sites is 1. The van der Waals surface area contributed by atoms with E-state index < -0.39 is 11.7 Å². The molecule has 6 heteroatoms. The van der Waals surface area contributed by atoms with Crippen molar-refractivity contribution in [1.29, 1.82) is 0 Å². The summed E-state index contributed by atoms with van der Waals surface area (Å²) >= 11 is 0. The fraction of sp³-hybridized carbons (Fsp3) is 0.118. The lowest BCUT2D eigenvalue weighted by Gasteiger charge is -2.15. The fourth-order valence-electron chi connectivity index (χ4n) is 2.55. The van der Waals surface area contributed by atoms with E-state index in [2.05, 4.69) is 10.3 Å². The molecule has 1 aromatic heterocycles. The van der Waals surface area contributed by atoms with Crippen LogP contribution in [-0.4, -0.2) is 17.1 Å². The number of rotatable bonds is 2. The van der Waals surface area contributed by atoms with Crippen molar-refractivity contribution in [3.8, 4) is 16.9 Å². The van der Waals surface area contributed by atoms with Crippen LogP contribution in [0.15, 0.2) is 48.5 Å². The first-order chi connectivity index (χ1) is 10.9. The molecular formula is C17H13F3N2O. The van der Waals surface area contributed by atoms with Crippen molar-refractivity contribution in [2.24, 2.45) is 0 Å². The molecule has 0 unspecified atom stereocenters. The zero-order chi connectivity index (χ0) is 16.6. The predicted molar refractivity (Wildman–Crippen MR) is 83.4 cm³/mol. The van der Waals surface area contributed by atoms with Gasteiger partial charge in [0.15, 0.2) is 0 Å². The van der Waals surface area contributed by atoms with Gasteiger partial charge >= 0.3 is 6.18 Å². The summed E-state index contributed by atoms with van der Waals surface area (Å²) in [6.45, 7) is 0. The minimum Gasteiger partial charge on any atom is -0.506 e. The average Bonchev–Trinajstić information content (AvgIpc) is 2.53. The largest absolute Gasteiger partial charge is 0.506 e. The Balaban J connectivity index is 2.40. The van der Waals surface area contributed by atoms with Gasteiger partial charge < -0.3 is 10.4 Å². The van der Waals surface area contributed by atoms with Crippen LogP contribution in [0.3, 0.4) is 0 Å². The Morgan fingerprint density at radius 2 is 1.74 bits per heavy atom. The minimum absolute atomic E-state index is 0.0505. The topological polar surface area (TPSA) is 45.1 Å². The number of nitrogens with zero attached hydrogens (tertiary/aromatic N) is 1. The molecule has 3 nitrogen and oxygen atoms in total. The average molecular weight is 318 g/mol. The highest BCUT2D eigenvalue weighted by atomic mass is 19.4. The van der Waals surface area contributed by atoms with Gasteiger partial charge in [0, 0.05) is 12.4 Å². The molecule has 0 bridgehead atoms. The number of alkyl halides is 3. The van der Waals surface area contributed by atoms with Crippen molar-refractivity contribution in [1.82, 2.24) is 4.98 Å². The van der Waals surface area contributed by atoms with Crippen LogP contribution in [0.25, 0.3) is 22.0 Å². The normalized spacial score (nSPS) is 11.7. The lowest BCUT2D eigenvalue weighted by Crippen LogP contribution is -2.07. The summed E-state index contributed by atoms with van der Waals surface area (Å²) in [7, 11) is 1.62. The van der Waals surface area contributed by atoms with E-state index in [-0.39, 0.29) is 16.8 Å². The number of halogens is 3. The van der Waals surface area contributed by atoms with E-state index in [9.17, 15) is 18.3 Å². The predicted octanol–water partition coefficient (Wildman–Crippen LogP) is 4.67. The third-order valence-corrected chi connectivity index (χ3v) is 3.60. The smallest absolute Gasteiger partial charge is 0.417 e. The molecule has 1 heterocycles. The summed E-state index contributed by atoms with van der Waals surface area (Å²) < 4.78 is 39.9. The third kappa shape index (κ3) is 2.67. The van der Waals surface area contributed by atoms with E-state index >= 15 is 0 Å². The quantitative estimate of drug-likeness (QED) is 0.722. The SMILES string of the molecule is CNc1cc(-c2ccccc2C(F)(F)F)c2cccc(O)c2n1. The molecule has 0 aliphatic heterocycles. The Labute approximate surface area is 130 Å². The Morgan fingerprint density at radius 1 is 1.00 bits per heavy atom. The van der Waals surface area contributed by atoms with Crippen LogP contribution >= 0.6 is 0 Å². The van der Waals surface area contributed by atoms with Gasteiger partial charge in [-0.1, -0.05) is 30.3 Å². The maximum atomic E-state index is 13.3. The molecular weight excluding hydrogens is 305 g/mol. The lowest BCUT2D eigenvalue weighted by atomic mass is 9.96. The van der Waals surface area contributed by atoms with E-state index in [1.54, 1.807) is 31.3 Å². The second-order valence-corrected chi connectivity index (χ2v) is 5.02. The number of hydrogen-bond donors (Lipinski definition) is 2. The minimum atomic E-state index is -4.47. The molecule has 3 aromatic rings. The lowest BCUT2D eigenvalue weighted by molar-refractivity contribution is -0.137. The van der Waals surface area contributed by atoms with Gasteiger partial charge in [0.2, 0.25) is 0 Å². The van der Waals surface area contributed by atoms with Crippen LogP contribution in [0, 0.1) is 0 Å². The monoisotopic (exact) mass is 318 g/mol. The highest BCUT2D eigenvalue weighted by Gasteiger charge is 2.33. The maximum Gasteiger partial charge on any atom is 0.417 e. The van der Waals surface area contributed by atoms with Crippen LogP contribution in [0.5, 0.6) is 5.75 Å². The zero-order valence-electron chi connectivity index (χ0n) is 12.1. The first kappa shape index (κ1) is 15.1. The standard InChI is InChI=1S/C17H13F3N2O/c1-21-15-9-12(11-6-4-8-14(23)16(11)22-15)10-5-2-3-7-13(10)17(18,19)20/h2-9,23H,1H3,(H,21,22). The summed E-state index contributed by atoms with van der Waals surface area (Å²) in [5, 5.41) is 13.2. The first-order valence-electron chi connectivity index (χ1n) is 6.89. The number of nitrogens with one attached hydrogen (secondary N) is 1. The number of pyridine rings is 1. The van der Waals surface area contributed by atoms with Gasteiger partial charge in [-0.2, -0.15) is 13.2 Å². The third-order valence-electron chi connectivity index (χ3n) is 3.60. The fourth-order valence-corrected chi connectivity index (χ4v) is 2.55. The summed E-state index contributed by atoms with van der Waals surface area (Å²) in [6, 6.07) is 11.6. The second-order valence-electron chi connectivity index (χ2n) is 5.02. The van der Waals surface area contributed by atoms with E-state index in [0.29, 0.717) is 16.8 Å². The van der Waals surface area contributed by atoms with Crippen molar-refractivity contribution in [2.45, 2.75) is 6.18 Å². The van der Waals surface area contributed by atoms with E-state index in [1.165, 1.54) is 18.2 Å². The van der Waals surface area contributed by atoms with Crippen LogP contribution in [0.2, 0.25) is 0 Å². The van der Waals surface area contributed by atoms with Crippen LogP contribution in [-0.2, 0) is 6.18 Å². The van der Waals surface area contributed by atoms with E-state index in [0.717, 1.165) is 6.07 Å². The number of benzene rings is 2. The molecule has 0 spiro atoms. The second kappa shape index (κ2) is 5.46. The number of anilines is 1. The zero-order valence-corrected chi connectivity index (χ0v) is 12.1. The molecule has 0 aliphatic rings. The van der Waals surface area contributed by atoms with Crippen molar-refractivity contribution in [3.63, 3.8) is 0 Å². The molecule has 3 rings (SSSR count). The van der Waals surface area contributed by atoms with Crippen molar-refractivity contribution in [3.05, 3.63) is 54.1 Å². The van der Waals surface area contributed by atoms with Crippen molar-refractivity contribution in [2.75, 3.05) is 12.4 Å². The molecule has 0 atom stereocenters. The Kier molecular flexibility index (Phi) is 3.60. The molecule has 118 valence electrons. The molecule has 2 aromatic carbocycles. The van der Waals surface area contributed by atoms with Crippen molar-refractivity contribution < 1.29 is 18.3 Å². The Hall–Kier alpha value is -2.76. The number of fused-ring (bicyclic) bond motifs is 1. The summed E-state index contributed by atoms with van der Waals surface area (Å²) in [5.41, 5.74) is -0.0538. The number of phenolic OH excluding ortho intramolecular Hbond substituents is 1. The van der Waals surface area contributed by atoms with Gasteiger partial charge in [-0.25, -0.2) is 4.98 Å². The van der Waals surface area contributed by atoms with Crippen LogP contribution < -0.4 is 5.32 Å². The maximum absolute atomic E-state index is 13.3. The molecule has 0 saturated heterocycles. The highest BCUT2D eigenvalue weighted by Crippen LogP contribution is 2.41. The summed E-state index contributed by atoms with van der Waals surface area (Å²) in [5.74, 6) is 0.302. The Bertz CT molecular complexity index is 875. The molecule has 0 radical (unpaired) electrons. The molecule has 2 N–H and O–H groups in total. The first-order valence-corrected chi connectivity index (χ1v) is 6.89. The van der Waals surface area contributed by atoms with Crippen molar-refractivity contribution >= 4 is 16.7 Å². The molecule has 0 fully saturated rings. The summed E-state index contributed by atoms with van der Waals surface area (Å²) in [4.78, 5) is 4.23. The van der Waals surface area contributed by atoms with Gasteiger partial charge in [-0.3, -0.25) is 0 Å². The molecule has 0 aliphatic carbocycles. The Morgan fingerprint density at radius 3 is 2.43 bits per heavy atom. The van der Waals surface area contributed by atoms with Gasteiger partial charge in [0.1, 0.15) is 17.1 Å². The van der Waals surface area contributed by atoms with E-state index in [1.807, 2.05) is 0 Å². The van der Waals surface area contributed by atoms with Gasteiger partial charge in [-0.15, -0.1) is 0 Å². The number of aromatic hydroxyl groups is 1. The van der Waals surface area contributed by atoms with Gasteiger partial charge in [0.05, 0.1) is 5.56 Å². The van der Waals surface area contributed by atoms with Gasteiger partial charge in [0.25, 0.3) is 0 Å². The van der Waals surface area contributed by atoms with E-state index in [4.69, 9.17) is 0 Å². The number of phenols is 1. The number of hydrogen-bond acceptors (Lipinski definition) is 3. The van der Waals surface area contributed by atoms with Crippen LogP contribution in [0.4, 0.5) is 19.0 Å². The molecule has 23 heavy (non-hydrogen) atoms. The number of aromatic nitrogens is 1. The highest BCUT2D eigenvalue weighted by molar-refractivity contribution is 5.99. The summed E-state index contributed by atoms with van der Waals surface area (Å²) in [6.07, 6.45) is -4.47. The van der Waals surface area contributed by atoms with Gasteiger partial charge in [-0.05, 0) is 29.3 Å². The molecule has 0 saturated carbocycles. The molecule has 0 amide bonds.